The fraction of sp³-hybridized carbons (Fsp3) is 0.386. The Morgan fingerprint density at radius 1 is 0.661 bits per heavy atom. The predicted molar refractivity (Wildman–Crippen MR) is 270 cm³/mol. The summed E-state index contributed by atoms with van der Waals surface area (Å²) in [5.41, 5.74) is 22.4. The van der Waals surface area contributed by atoms with Gasteiger partial charge in [-0.3, -0.25) is 6.08 Å². The summed E-state index contributed by atoms with van der Waals surface area (Å²) in [6, 6.07) is 30.6. The molecule has 0 N–H and O–H groups in total. The van der Waals surface area contributed by atoms with Gasteiger partial charge in [-0.1, -0.05) is 78.5 Å². The Balaban J connectivity index is 0.000000141. The summed E-state index contributed by atoms with van der Waals surface area (Å²) < 4.78 is 4.66. The summed E-state index contributed by atoms with van der Waals surface area (Å²) >= 11 is 11.0. The summed E-state index contributed by atoms with van der Waals surface area (Å²) in [6.07, 6.45) is 17.9. The molecule has 0 unspecified atom stereocenters. The van der Waals surface area contributed by atoms with Gasteiger partial charge in [0.25, 0.3) is 0 Å². The molecule has 4 bridgehead atoms. The molecule has 0 aliphatic heterocycles. The van der Waals surface area contributed by atoms with Gasteiger partial charge in [0.1, 0.15) is 0 Å². The van der Waals surface area contributed by atoms with Gasteiger partial charge in [0.05, 0.1) is 0 Å². The molecule has 0 heterocycles. The van der Waals surface area contributed by atoms with Gasteiger partial charge in [-0.25, -0.2) is 11.6 Å². The van der Waals surface area contributed by atoms with Gasteiger partial charge in [-0.15, -0.1) is 36.4 Å². The molecule has 0 nitrogen and oxygen atoms in total. The third-order valence-electron chi connectivity index (χ3n) is 14.8. The molecule has 12 rings (SSSR count). The molecule has 5 aromatic rings. The van der Waals surface area contributed by atoms with E-state index in [4.69, 9.17) is 23.2 Å². The van der Waals surface area contributed by atoms with Gasteiger partial charge in [-0.05, 0) is 120 Å². The fourth-order valence-corrected chi connectivity index (χ4v) is 14.9. The van der Waals surface area contributed by atoms with Crippen molar-refractivity contribution in [3.05, 3.63) is 168 Å². The van der Waals surface area contributed by atoms with Crippen molar-refractivity contribution in [2.45, 2.75) is 118 Å². The number of benzene rings is 4. The maximum atomic E-state index is 5.84. The molecule has 0 aromatic heterocycles. The Morgan fingerprint density at radius 3 is 1.66 bits per heavy atom. The zero-order valence-electron chi connectivity index (χ0n) is 37.8. The van der Waals surface area contributed by atoms with Crippen LogP contribution in [0.4, 0.5) is 0 Å². The summed E-state index contributed by atoms with van der Waals surface area (Å²) in [4.78, 5) is 0. The molecule has 4 fully saturated rings. The van der Waals surface area contributed by atoms with Crippen molar-refractivity contribution < 1.29 is 22.3 Å². The standard InChI is InChI=1S/C25H25.C18H25.2C7H5Cl.2ClH.Zr/c1-14-12-24(3,4)22-8-16-7-17-9-23-19(15(2)13-25(23,5)6)11-21(17)20(16)10-18(14)22;1-12-3-13(2)17(4-12)11-18-8-14-5-15(9-18)7-16(6-14)10-18;2*1-6-2-4-7(8)5-3-6;;;/h8-12H,7H2,1-6H3;3-4,14-16H,5-11H2,1-2H3;2*1-5H;2*1H;/q2*-1;;;;;. The van der Waals surface area contributed by atoms with Gasteiger partial charge in [0.15, 0.2) is 0 Å². The number of fused-ring (bicyclic) bond motifs is 5. The van der Waals surface area contributed by atoms with Crippen LogP contribution in [0.15, 0.2) is 91.0 Å². The van der Waals surface area contributed by atoms with Crippen molar-refractivity contribution in [2.75, 3.05) is 0 Å². The first-order chi connectivity index (χ1) is 28.5. The van der Waals surface area contributed by atoms with E-state index in [1.807, 2.05) is 24.3 Å². The first kappa shape index (κ1) is 47.5. The summed E-state index contributed by atoms with van der Waals surface area (Å²) in [6.45, 7) is 18.2. The van der Waals surface area contributed by atoms with Crippen LogP contribution >= 0.6 is 48.0 Å². The molecule has 4 saturated carbocycles. The summed E-state index contributed by atoms with van der Waals surface area (Å²) in [5, 5.41) is 1.57. The van der Waals surface area contributed by atoms with Crippen LogP contribution < -0.4 is 0 Å². The molecule has 5 heteroatoms. The van der Waals surface area contributed by atoms with E-state index < -0.39 is 22.3 Å². The van der Waals surface area contributed by atoms with Crippen molar-refractivity contribution in [1.82, 2.24) is 0 Å². The third-order valence-corrected chi connectivity index (χ3v) is 17.7. The number of rotatable bonds is 4. The Labute approximate surface area is 405 Å². The zero-order chi connectivity index (χ0) is 42.1. The zero-order valence-corrected chi connectivity index (χ0v) is 43.4. The van der Waals surface area contributed by atoms with Crippen molar-refractivity contribution in [3.8, 4) is 11.1 Å². The molecule has 7 aliphatic rings. The molecule has 0 spiro atoms. The van der Waals surface area contributed by atoms with Crippen molar-refractivity contribution in [2.24, 2.45) is 23.2 Å². The molecular weight excluding hydrogens is 918 g/mol. The minimum atomic E-state index is -0.623. The quantitative estimate of drug-likeness (QED) is 0.154. The maximum absolute atomic E-state index is 5.84. The van der Waals surface area contributed by atoms with E-state index in [9.17, 15) is 0 Å². The van der Waals surface area contributed by atoms with Crippen LogP contribution in [0.25, 0.3) is 22.3 Å². The molecule has 7 aliphatic carbocycles. The van der Waals surface area contributed by atoms with E-state index in [-0.39, 0.29) is 35.6 Å². The van der Waals surface area contributed by atoms with Crippen molar-refractivity contribution in [1.29, 1.82) is 0 Å². The third kappa shape index (κ3) is 9.71. The second kappa shape index (κ2) is 18.4. The van der Waals surface area contributed by atoms with E-state index in [0.717, 1.165) is 34.2 Å². The monoisotopic (exact) mass is 976 g/mol. The first-order valence-corrected chi connectivity index (χ1v) is 26.0. The Morgan fingerprint density at radius 2 is 1.16 bits per heavy atom. The topological polar surface area (TPSA) is 0 Å². The number of halogens is 4. The molecule has 0 radical (unpaired) electrons. The average Bonchev–Trinajstić information content (AvgIpc) is 3.84. The average molecular weight is 980 g/mol. The normalized spacial score (nSPS) is 23.0. The SMILES string of the molecule is CC1=[C-]C(C)(C)c2cc3c(cc21)-c1cc2c(cc1C3)C(C)(C)C=C2C.Cc1cc(CC23CC4CC(CC(C4)C2)C3)c(C)[cH-]1.Cl.Cl.Clc1ccc([CH]=[Zr]=[CH]c2ccc(Cl)cc2)cc1. The van der Waals surface area contributed by atoms with Crippen LogP contribution in [0.2, 0.25) is 10.0 Å². The predicted octanol–water partition coefficient (Wildman–Crippen LogP) is 16.2. The van der Waals surface area contributed by atoms with E-state index in [0.29, 0.717) is 5.41 Å². The van der Waals surface area contributed by atoms with Gasteiger partial charge in [0, 0.05) is 5.41 Å². The van der Waals surface area contributed by atoms with Crippen molar-refractivity contribution >= 4 is 66.6 Å². The van der Waals surface area contributed by atoms with Gasteiger partial charge < -0.3 is 0 Å². The summed E-state index contributed by atoms with van der Waals surface area (Å²) in [5.74, 6) is 3.27. The van der Waals surface area contributed by atoms with E-state index in [2.05, 4.69) is 136 Å². The van der Waals surface area contributed by atoms with Crippen LogP contribution in [0.5, 0.6) is 0 Å². The van der Waals surface area contributed by atoms with Crippen LogP contribution in [0.3, 0.4) is 0 Å². The fourth-order valence-electron chi connectivity index (χ4n) is 12.6. The Kier molecular flexibility index (Phi) is 14.1. The van der Waals surface area contributed by atoms with Crippen LogP contribution in [-0.2, 0) is 45.9 Å². The number of hydrogen-bond donors (Lipinski definition) is 0. The number of hydrogen-bond acceptors (Lipinski definition) is 0. The minimum absolute atomic E-state index is 0. The van der Waals surface area contributed by atoms with Crippen LogP contribution in [0.1, 0.15) is 141 Å². The number of allylic oxidation sites excluding steroid dienone is 4. The van der Waals surface area contributed by atoms with Gasteiger partial charge >= 0.3 is 123 Å². The molecule has 0 atom stereocenters. The molecule has 5 aromatic carbocycles. The van der Waals surface area contributed by atoms with Crippen LogP contribution in [-0.4, -0.2) is 7.42 Å². The second-order valence-corrected chi connectivity index (χ2v) is 23.7. The summed E-state index contributed by atoms with van der Waals surface area (Å²) in [7, 11) is 0. The van der Waals surface area contributed by atoms with E-state index in [1.54, 1.807) is 49.7 Å². The van der Waals surface area contributed by atoms with Gasteiger partial charge in [0.2, 0.25) is 0 Å². The second-order valence-electron chi connectivity index (χ2n) is 20.6. The molecule has 324 valence electrons. The number of aryl methyl sites for hydroxylation is 2. The van der Waals surface area contributed by atoms with E-state index >= 15 is 0 Å². The van der Waals surface area contributed by atoms with Gasteiger partial charge in [-0.2, -0.15) is 28.3 Å². The Hall–Kier alpha value is -2.51. The molecule has 0 saturated heterocycles. The van der Waals surface area contributed by atoms with E-state index in [1.165, 1.54) is 78.8 Å². The van der Waals surface area contributed by atoms with Crippen LogP contribution in [0, 0.1) is 43.1 Å². The Bertz CT molecular complexity index is 2440. The van der Waals surface area contributed by atoms with Crippen molar-refractivity contribution in [3.63, 3.8) is 0 Å². The molecule has 62 heavy (non-hydrogen) atoms. The first-order valence-electron chi connectivity index (χ1n) is 22.4. The molecular formula is C57H62Cl4Zr-2. The molecule has 0 amide bonds.